The van der Waals surface area contributed by atoms with Crippen molar-refractivity contribution in [2.24, 2.45) is 0 Å². The highest BCUT2D eigenvalue weighted by Crippen LogP contribution is 2.32. The van der Waals surface area contributed by atoms with Crippen molar-refractivity contribution in [2.75, 3.05) is 0 Å². The molecule has 5 nitrogen and oxygen atoms in total. The highest BCUT2D eigenvalue weighted by molar-refractivity contribution is 7.11. The van der Waals surface area contributed by atoms with Crippen molar-refractivity contribution in [3.05, 3.63) is 78.0 Å². The third-order valence-electron chi connectivity index (χ3n) is 5.20. The van der Waals surface area contributed by atoms with E-state index >= 15 is 0 Å². The lowest BCUT2D eigenvalue weighted by molar-refractivity contribution is -0.137. The van der Waals surface area contributed by atoms with Gasteiger partial charge in [0.25, 0.3) is 0 Å². The molecule has 0 saturated carbocycles. The number of halogens is 3. The number of nitrogens with zero attached hydrogens (tertiary/aromatic N) is 5. The zero-order valence-corrected chi connectivity index (χ0v) is 20.4. The maximum atomic E-state index is 13.1. The molecule has 0 aliphatic carbocycles. The van der Waals surface area contributed by atoms with Crippen LogP contribution in [0.2, 0.25) is 0 Å². The standard InChI is InChI=1S/C26H14F3N5S2/c1-14-3-5-16(6-4-14)20-22(35-24(33-20)15(2)11-30)23-21(34-25(36-23)18(12-31)13-32)17-7-9-19(10-8-17)26(27,28)29/h3-10H,1-2H3/b23-22+,24-15-. The Hall–Kier alpha value is -4.30. The van der Waals surface area contributed by atoms with Gasteiger partial charge in [-0.05, 0) is 26.0 Å². The van der Waals surface area contributed by atoms with Crippen molar-refractivity contribution in [3.8, 4) is 40.7 Å². The lowest BCUT2D eigenvalue weighted by atomic mass is 10.1. The molecule has 0 bridgehead atoms. The predicted molar refractivity (Wildman–Crippen MR) is 131 cm³/mol. The summed E-state index contributed by atoms with van der Waals surface area (Å²) in [6.45, 7) is 3.59. The fourth-order valence-corrected chi connectivity index (χ4v) is 5.51. The van der Waals surface area contributed by atoms with Gasteiger partial charge in [-0.2, -0.15) is 29.0 Å². The van der Waals surface area contributed by atoms with Crippen LogP contribution in [0.3, 0.4) is 0 Å². The first-order valence-electron chi connectivity index (χ1n) is 10.3. The second kappa shape index (κ2) is 9.75. The average Bonchev–Trinajstić information content (AvgIpc) is 3.49. The van der Waals surface area contributed by atoms with Gasteiger partial charge < -0.3 is 0 Å². The largest absolute Gasteiger partial charge is 0.416 e. The van der Waals surface area contributed by atoms with Crippen molar-refractivity contribution in [1.29, 1.82) is 15.8 Å². The minimum absolute atomic E-state index is 0.149. The van der Waals surface area contributed by atoms with E-state index in [2.05, 4.69) is 16.0 Å². The number of hydrogen-bond donors (Lipinski definition) is 0. The van der Waals surface area contributed by atoms with Crippen LogP contribution >= 0.6 is 22.7 Å². The molecule has 2 aromatic heterocycles. The Labute approximate surface area is 211 Å². The quantitative estimate of drug-likeness (QED) is 0.353. The van der Waals surface area contributed by atoms with E-state index in [1.54, 1.807) is 6.92 Å². The van der Waals surface area contributed by atoms with Gasteiger partial charge >= 0.3 is 6.18 Å². The minimum atomic E-state index is -4.49. The molecule has 4 aromatic rings. The third-order valence-corrected chi connectivity index (χ3v) is 7.61. The number of nitriles is 3. The first kappa shape index (κ1) is 24.8. The lowest BCUT2D eigenvalue weighted by Crippen LogP contribution is -2.04. The van der Waals surface area contributed by atoms with Gasteiger partial charge in [-0.25, -0.2) is 9.97 Å². The summed E-state index contributed by atoms with van der Waals surface area (Å²) < 4.78 is 41.2. The molecule has 0 aliphatic rings. The van der Waals surface area contributed by atoms with E-state index in [9.17, 15) is 29.0 Å². The van der Waals surface area contributed by atoms with Crippen molar-refractivity contribution >= 4 is 33.8 Å². The van der Waals surface area contributed by atoms with Crippen LogP contribution in [0.4, 0.5) is 13.2 Å². The number of rotatable bonds is 2. The molecule has 10 heteroatoms. The summed E-state index contributed by atoms with van der Waals surface area (Å²) in [6.07, 6.45) is -4.49. The average molecular weight is 518 g/mol. The van der Waals surface area contributed by atoms with Crippen LogP contribution in [0.25, 0.3) is 33.7 Å². The van der Waals surface area contributed by atoms with E-state index in [4.69, 9.17) is 0 Å². The molecule has 2 aromatic carbocycles. The van der Waals surface area contributed by atoms with Crippen molar-refractivity contribution in [1.82, 2.24) is 9.97 Å². The van der Waals surface area contributed by atoms with Crippen LogP contribution in [0, 0.1) is 50.0 Å². The van der Waals surface area contributed by atoms with Gasteiger partial charge in [0.05, 0.1) is 37.7 Å². The van der Waals surface area contributed by atoms with Gasteiger partial charge in [-0.15, -0.1) is 22.7 Å². The van der Waals surface area contributed by atoms with Crippen LogP contribution in [0.5, 0.6) is 0 Å². The number of aryl methyl sites for hydroxylation is 1. The predicted octanol–water partition coefficient (Wildman–Crippen LogP) is 5.44. The van der Waals surface area contributed by atoms with Crippen molar-refractivity contribution in [2.45, 2.75) is 20.0 Å². The molecular formula is C26H14F3N5S2. The summed E-state index contributed by atoms with van der Waals surface area (Å²) in [4.78, 5) is 9.16. The van der Waals surface area contributed by atoms with Crippen LogP contribution in [-0.4, -0.2) is 9.97 Å². The molecule has 0 saturated heterocycles. The SMILES string of the molecule is C/C(C#N)=c1\nc(-c2ccc(C)cc2)/c(=c2\sc(=C(C#N)C#N)nc2-c2ccc(C(F)(F)F)cc2)s1. The fraction of sp³-hybridized carbons (Fsp3) is 0.115. The van der Waals surface area contributed by atoms with Crippen LogP contribution < -0.4 is 9.33 Å². The molecule has 36 heavy (non-hydrogen) atoms. The Balaban J connectivity index is 2.20. The summed E-state index contributed by atoms with van der Waals surface area (Å²) >= 11 is 2.33. The molecule has 2 heterocycles. The molecule has 0 radical (unpaired) electrons. The number of aromatic nitrogens is 2. The smallest absolute Gasteiger partial charge is 0.235 e. The number of alkyl halides is 3. The molecule has 176 valence electrons. The Morgan fingerprint density at radius 3 is 1.69 bits per heavy atom. The Kier molecular flexibility index (Phi) is 6.72. The van der Waals surface area contributed by atoms with Gasteiger partial charge in [-0.3, -0.25) is 0 Å². The first-order valence-corrected chi connectivity index (χ1v) is 12.0. The molecule has 0 spiro atoms. The maximum Gasteiger partial charge on any atom is 0.416 e. The zero-order valence-electron chi connectivity index (χ0n) is 18.8. The van der Waals surface area contributed by atoms with Gasteiger partial charge in [0, 0.05) is 11.1 Å². The normalized spacial score (nSPS) is 12.8. The molecular weight excluding hydrogens is 503 g/mol. The number of hydrogen-bond acceptors (Lipinski definition) is 7. The molecule has 0 amide bonds. The van der Waals surface area contributed by atoms with E-state index in [0.717, 1.165) is 34.6 Å². The van der Waals surface area contributed by atoms with Gasteiger partial charge in [0.15, 0.2) is 5.57 Å². The van der Waals surface area contributed by atoms with Gasteiger partial charge in [0.1, 0.15) is 21.5 Å². The van der Waals surface area contributed by atoms with E-state index in [1.807, 2.05) is 43.3 Å². The van der Waals surface area contributed by atoms with Crippen LogP contribution in [0.1, 0.15) is 18.1 Å². The second-order valence-corrected chi connectivity index (χ2v) is 9.67. The third kappa shape index (κ3) is 4.76. The zero-order chi connectivity index (χ0) is 26.0. The monoisotopic (exact) mass is 517 g/mol. The van der Waals surface area contributed by atoms with Crippen LogP contribution in [-0.2, 0) is 6.18 Å². The summed E-state index contributed by atoms with van der Waals surface area (Å²) in [5.41, 5.74) is 2.51. The van der Waals surface area contributed by atoms with Gasteiger partial charge in [-0.1, -0.05) is 42.0 Å². The summed E-state index contributed by atoms with van der Waals surface area (Å²) in [7, 11) is 0. The summed E-state index contributed by atoms with van der Waals surface area (Å²) in [5, 5.41) is 28.2. The molecule has 0 fully saturated rings. The number of thiazole rings is 2. The van der Waals surface area contributed by atoms with Crippen molar-refractivity contribution < 1.29 is 13.2 Å². The Morgan fingerprint density at radius 1 is 0.750 bits per heavy atom. The minimum Gasteiger partial charge on any atom is -0.235 e. The highest BCUT2D eigenvalue weighted by Gasteiger charge is 2.30. The van der Waals surface area contributed by atoms with E-state index in [-0.39, 0.29) is 10.2 Å². The van der Waals surface area contributed by atoms with E-state index in [0.29, 0.717) is 36.3 Å². The van der Waals surface area contributed by atoms with Crippen LogP contribution in [0.15, 0.2) is 48.5 Å². The first-order chi connectivity index (χ1) is 17.2. The van der Waals surface area contributed by atoms with Gasteiger partial charge in [0.2, 0.25) is 0 Å². The molecule has 4 rings (SSSR count). The molecule has 0 aliphatic heterocycles. The Bertz CT molecular complexity index is 1790. The lowest BCUT2D eigenvalue weighted by Gasteiger charge is -2.06. The Morgan fingerprint density at radius 2 is 1.22 bits per heavy atom. The van der Waals surface area contributed by atoms with Crippen molar-refractivity contribution in [3.63, 3.8) is 0 Å². The maximum absolute atomic E-state index is 13.1. The molecule has 0 N–H and O–H groups in total. The topological polar surface area (TPSA) is 97.1 Å². The summed E-state index contributed by atoms with van der Waals surface area (Å²) in [6, 6.07) is 17.9. The summed E-state index contributed by atoms with van der Waals surface area (Å²) in [5.74, 6) is 0. The second-order valence-electron chi connectivity index (χ2n) is 7.67. The number of benzene rings is 2. The van der Waals surface area contributed by atoms with E-state index in [1.165, 1.54) is 23.5 Å². The highest BCUT2D eigenvalue weighted by atomic mass is 32.1. The van der Waals surface area contributed by atoms with E-state index < -0.39 is 11.7 Å². The fourth-order valence-electron chi connectivity index (χ4n) is 3.30. The molecule has 0 unspecified atom stereocenters. The molecule has 0 atom stereocenters.